The van der Waals surface area contributed by atoms with E-state index in [0.717, 1.165) is 17.9 Å². The van der Waals surface area contributed by atoms with E-state index in [0.29, 0.717) is 0 Å². The zero-order valence-corrected chi connectivity index (χ0v) is 7.88. The van der Waals surface area contributed by atoms with Crippen molar-refractivity contribution in [3.63, 3.8) is 0 Å². The van der Waals surface area contributed by atoms with Crippen LogP contribution >= 0.6 is 0 Å². The van der Waals surface area contributed by atoms with Crippen LogP contribution in [0.2, 0.25) is 0 Å². The molecular weight excluding hydrogens is 150 g/mol. The average Bonchev–Trinajstić information content (AvgIpc) is 2.32. The van der Waals surface area contributed by atoms with Crippen LogP contribution in [0.3, 0.4) is 0 Å². The lowest BCUT2D eigenvalue weighted by atomic mass is 10.2. The molecule has 0 amide bonds. The van der Waals surface area contributed by atoms with Gasteiger partial charge in [0.05, 0.1) is 11.4 Å². The number of hydrogen-bond donors (Lipinski definition) is 1. The first-order valence-corrected chi connectivity index (χ1v) is 4.53. The third-order valence-electron chi connectivity index (χ3n) is 1.98. The van der Waals surface area contributed by atoms with Crippen LogP contribution < -0.4 is 5.73 Å². The molecule has 0 unspecified atom stereocenters. The normalized spacial score (nSPS) is 10.5. The second kappa shape index (κ2) is 4.14. The van der Waals surface area contributed by atoms with Gasteiger partial charge in [0.1, 0.15) is 0 Å². The monoisotopic (exact) mass is 167 g/mol. The number of anilines is 1. The topological polar surface area (TPSA) is 43.8 Å². The molecule has 0 spiro atoms. The molecule has 0 fully saturated rings. The fraction of sp³-hybridized carbons (Fsp3) is 0.667. The maximum absolute atomic E-state index is 5.66. The Kier molecular flexibility index (Phi) is 3.14. The Hall–Kier alpha value is -0.990. The second-order valence-corrected chi connectivity index (χ2v) is 3.14. The minimum Gasteiger partial charge on any atom is -0.396 e. The van der Waals surface area contributed by atoms with Gasteiger partial charge >= 0.3 is 0 Å². The molecule has 0 radical (unpaired) electrons. The van der Waals surface area contributed by atoms with Crippen LogP contribution in [0.1, 0.15) is 31.9 Å². The zero-order chi connectivity index (χ0) is 8.97. The molecule has 68 valence electrons. The summed E-state index contributed by atoms with van der Waals surface area (Å²) >= 11 is 0. The summed E-state index contributed by atoms with van der Waals surface area (Å²) in [5.74, 6) is 0. The molecule has 1 aromatic rings. The number of nitrogens with two attached hydrogens (primary N) is 1. The summed E-state index contributed by atoms with van der Waals surface area (Å²) in [4.78, 5) is 0. The van der Waals surface area contributed by atoms with Crippen LogP contribution in [0.25, 0.3) is 0 Å². The van der Waals surface area contributed by atoms with Gasteiger partial charge in [-0.3, -0.25) is 4.68 Å². The number of aryl methyl sites for hydroxylation is 2. The summed E-state index contributed by atoms with van der Waals surface area (Å²) in [6.07, 6.45) is 5.61. The third-order valence-corrected chi connectivity index (χ3v) is 1.98. The summed E-state index contributed by atoms with van der Waals surface area (Å²) in [6.45, 7) is 5.13. The number of nitrogen functional groups attached to an aromatic ring is 1. The van der Waals surface area contributed by atoms with Gasteiger partial charge in [-0.05, 0) is 13.3 Å². The smallest absolute Gasteiger partial charge is 0.0822 e. The number of aromatic nitrogens is 2. The van der Waals surface area contributed by atoms with E-state index in [9.17, 15) is 0 Å². The molecule has 0 atom stereocenters. The highest BCUT2D eigenvalue weighted by Gasteiger charge is 1.98. The molecule has 0 aromatic carbocycles. The van der Waals surface area contributed by atoms with Crippen LogP contribution in [0.5, 0.6) is 0 Å². The van der Waals surface area contributed by atoms with Gasteiger partial charge < -0.3 is 5.73 Å². The van der Waals surface area contributed by atoms with Gasteiger partial charge in [-0.2, -0.15) is 5.10 Å². The Bertz CT molecular complexity index is 220. The van der Waals surface area contributed by atoms with Crippen molar-refractivity contribution in [3.05, 3.63) is 11.9 Å². The van der Waals surface area contributed by atoms with Gasteiger partial charge in [-0.1, -0.05) is 19.8 Å². The largest absolute Gasteiger partial charge is 0.396 e. The first kappa shape index (κ1) is 9.10. The van der Waals surface area contributed by atoms with E-state index in [4.69, 9.17) is 5.73 Å². The molecular formula is C9H17N3. The van der Waals surface area contributed by atoms with Crippen LogP contribution in [0, 0.1) is 6.92 Å². The summed E-state index contributed by atoms with van der Waals surface area (Å²) in [6, 6.07) is 0. The number of nitrogens with zero attached hydrogens (tertiary/aromatic N) is 2. The Morgan fingerprint density at radius 2 is 2.25 bits per heavy atom. The van der Waals surface area contributed by atoms with Crippen molar-refractivity contribution < 1.29 is 0 Å². The maximum Gasteiger partial charge on any atom is 0.0822 e. The summed E-state index contributed by atoms with van der Waals surface area (Å²) in [5.41, 5.74) is 7.40. The lowest BCUT2D eigenvalue weighted by molar-refractivity contribution is 0.550. The summed E-state index contributed by atoms with van der Waals surface area (Å²) in [7, 11) is 0. The Balaban J connectivity index is 2.42. The minimum absolute atomic E-state index is 0.798. The lowest BCUT2D eigenvalue weighted by Crippen LogP contribution is -1.98. The number of unbranched alkanes of at least 4 members (excludes halogenated alkanes) is 2. The number of rotatable bonds is 4. The van der Waals surface area contributed by atoms with Gasteiger partial charge in [-0.15, -0.1) is 0 Å². The Morgan fingerprint density at radius 1 is 1.50 bits per heavy atom. The van der Waals surface area contributed by atoms with E-state index >= 15 is 0 Å². The highest BCUT2D eigenvalue weighted by atomic mass is 15.3. The van der Waals surface area contributed by atoms with Crippen molar-refractivity contribution in [1.29, 1.82) is 0 Å². The summed E-state index contributed by atoms with van der Waals surface area (Å²) < 4.78 is 1.93. The van der Waals surface area contributed by atoms with E-state index < -0.39 is 0 Å². The predicted octanol–water partition coefficient (Wildman–Crippen LogP) is 1.96. The third kappa shape index (κ3) is 2.26. The molecule has 1 aromatic heterocycles. The molecule has 0 saturated carbocycles. The lowest BCUT2D eigenvalue weighted by Gasteiger charge is -1.98. The van der Waals surface area contributed by atoms with Crippen molar-refractivity contribution in [1.82, 2.24) is 9.78 Å². The zero-order valence-electron chi connectivity index (χ0n) is 7.88. The molecule has 2 N–H and O–H groups in total. The Labute approximate surface area is 73.6 Å². The van der Waals surface area contributed by atoms with Crippen molar-refractivity contribution in [2.45, 2.75) is 39.7 Å². The van der Waals surface area contributed by atoms with Crippen LogP contribution in [-0.4, -0.2) is 9.78 Å². The second-order valence-electron chi connectivity index (χ2n) is 3.14. The highest BCUT2D eigenvalue weighted by Crippen LogP contribution is 2.07. The van der Waals surface area contributed by atoms with Gasteiger partial charge in [0.25, 0.3) is 0 Å². The van der Waals surface area contributed by atoms with E-state index in [2.05, 4.69) is 12.0 Å². The first-order chi connectivity index (χ1) is 5.74. The quantitative estimate of drug-likeness (QED) is 0.697. The molecule has 0 aliphatic rings. The molecule has 12 heavy (non-hydrogen) atoms. The predicted molar refractivity (Wildman–Crippen MR) is 50.9 cm³/mol. The molecule has 1 rings (SSSR count). The van der Waals surface area contributed by atoms with E-state index in [1.165, 1.54) is 19.3 Å². The molecule has 0 aliphatic carbocycles. The summed E-state index contributed by atoms with van der Waals surface area (Å²) in [5, 5.41) is 4.27. The van der Waals surface area contributed by atoms with Crippen LogP contribution in [0.15, 0.2) is 6.20 Å². The van der Waals surface area contributed by atoms with Gasteiger partial charge in [0.15, 0.2) is 0 Å². The van der Waals surface area contributed by atoms with Crippen molar-refractivity contribution in [3.8, 4) is 0 Å². The van der Waals surface area contributed by atoms with E-state index in [1.807, 2.05) is 17.8 Å². The first-order valence-electron chi connectivity index (χ1n) is 4.53. The van der Waals surface area contributed by atoms with Gasteiger partial charge in [0, 0.05) is 12.7 Å². The van der Waals surface area contributed by atoms with Crippen molar-refractivity contribution in [2.24, 2.45) is 0 Å². The maximum atomic E-state index is 5.66. The minimum atomic E-state index is 0.798. The fourth-order valence-corrected chi connectivity index (χ4v) is 1.17. The van der Waals surface area contributed by atoms with Crippen molar-refractivity contribution in [2.75, 3.05) is 5.73 Å². The van der Waals surface area contributed by atoms with Crippen LogP contribution in [-0.2, 0) is 6.54 Å². The van der Waals surface area contributed by atoms with Crippen molar-refractivity contribution >= 4 is 5.69 Å². The highest BCUT2D eigenvalue weighted by molar-refractivity contribution is 5.39. The molecule has 3 nitrogen and oxygen atoms in total. The van der Waals surface area contributed by atoms with Crippen LogP contribution in [0.4, 0.5) is 5.69 Å². The SMILES string of the molecule is CCCCCn1cc(N)c(C)n1. The fourth-order valence-electron chi connectivity index (χ4n) is 1.17. The molecule has 0 saturated heterocycles. The number of hydrogen-bond acceptors (Lipinski definition) is 2. The van der Waals surface area contributed by atoms with Gasteiger partial charge in [0.2, 0.25) is 0 Å². The molecule has 1 heterocycles. The molecule has 0 bridgehead atoms. The average molecular weight is 167 g/mol. The standard InChI is InChI=1S/C9H17N3/c1-3-4-5-6-12-7-9(10)8(2)11-12/h7H,3-6,10H2,1-2H3. The van der Waals surface area contributed by atoms with E-state index in [-0.39, 0.29) is 0 Å². The Morgan fingerprint density at radius 3 is 2.75 bits per heavy atom. The molecule has 0 aliphatic heterocycles. The van der Waals surface area contributed by atoms with E-state index in [1.54, 1.807) is 0 Å². The van der Waals surface area contributed by atoms with Gasteiger partial charge in [-0.25, -0.2) is 0 Å². The molecule has 3 heteroatoms.